The van der Waals surface area contributed by atoms with E-state index in [1.807, 2.05) is 30.3 Å². The van der Waals surface area contributed by atoms with Crippen LogP contribution in [0.2, 0.25) is 0 Å². The average molecular weight is 269 g/mol. The minimum absolute atomic E-state index is 0.0603. The lowest BCUT2D eigenvalue weighted by Crippen LogP contribution is -2.07. The Labute approximate surface area is 119 Å². The quantitative estimate of drug-likeness (QED) is 0.872. The van der Waals surface area contributed by atoms with E-state index in [0.717, 1.165) is 16.8 Å². The third kappa shape index (κ3) is 3.60. The molecule has 104 valence electrons. The molecule has 0 radical (unpaired) electrons. The van der Waals surface area contributed by atoms with E-state index >= 15 is 0 Å². The van der Waals surface area contributed by atoms with Gasteiger partial charge in [0.15, 0.2) is 0 Å². The number of nitrogens with one attached hydrogen (secondary N) is 1. The van der Waals surface area contributed by atoms with Crippen molar-refractivity contribution in [3.05, 3.63) is 64.7 Å². The summed E-state index contributed by atoms with van der Waals surface area (Å²) in [6, 6.07) is 13.9. The lowest BCUT2D eigenvalue weighted by Gasteiger charge is -2.11. The standard InChI is InChI=1S/C17H19NO2/c1-12-7-8-16(9-13(12)2)18-11-15-6-4-3-5-14(15)10-17(19)20/h3-9,18H,10-11H2,1-2H3,(H,19,20). The van der Waals surface area contributed by atoms with Crippen LogP contribution >= 0.6 is 0 Å². The van der Waals surface area contributed by atoms with Crippen molar-refractivity contribution in [2.24, 2.45) is 0 Å². The molecule has 0 heterocycles. The molecule has 0 saturated heterocycles. The SMILES string of the molecule is Cc1ccc(NCc2ccccc2CC(=O)O)cc1C. The number of carboxylic acids is 1. The molecule has 2 N–H and O–H groups in total. The predicted molar refractivity (Wildman–Crippen MR) is 81.0 cm³/mol. The summed E-state index contributed by atoms with van der Waals surface area (Å²) in [5.41, 5.74) is 5.44. The Balaban J connectivity index is 2.10. The molecule has 0 amide bonds. The summed E-state index contributed by atoms with van der Waals surface area (Å²) < 4.78 is 0. The normalized spacial score (nSPS) is 10.3. The van der Waals surface area contributed by atoms with Gasteiger partial charge < -0.3 is 10.4 Å². The van der Waals surface area contributed by atoms with Crippen LogP contribution in [0, 0.1) is 13.8 Å². The molecule has 2 rings (SSSR count). The molecule has 2 aromatic carbocycles. The Kier molecular flexibility index (Phi) is 4.41. The fraction of sp³-hybridized carbons (Fsp3) is 0.235. The number of aryl methyl sites for hydroxylation is 2. The molecule has 0 aliphatic carbocycles. The van der Waals surface area contributed by atoms with Gasteiger partial charge in [0.2, 0.25) is 0 Å². The topological polar surface area (TPSA) is 49.3 Å². The molecular formula is C17H19NO2. The Morgan fingerprint density at radius 2 is 1.75 bits per heavy atom. The summed E-state index contributed by atoms with van der Waals surface area (Å²) in [4.78, 5) is 10.9. The van der Waals surface area contributed by atoms with E-state index in [0.29, 0.717) is 6.54 Å². The summed E-state index contributed by atoms with van der Waals surface area (Å²) in [5.74, 6) is -0.802. The van der Waals surface area contributed by atoms with Gasteiger partial charge in [0.25, 0.3) is 0 Å². The van der Waals surface area contributed by atoms with Crippen molar-refractivity contribution in [1.29, 1.82) is 0 Å². The molecule has 0 aromatic heterocycles. The average Bonchev–Trinajstić information content (AvgIpc) is 2.41. The van der Waals surface area contributed by atoms with Gasteiger partial charge in [0.1, 0.15) is 0 Å². The Morgan fingerprint density at radius 1 is 1.05 bits per heavy atom. The molecule has 2 aromatic rings. The van der Waals surface area contributed by atoms with Gasteiger partial charge in [-0.15, -0.1) is 0 Å². The predicted octanol–water partition coefficient (Wildman–Crippen LogP) is 3.54. The summed E-state index contributed by atoms with van der Waals surface area (Å²) in [6.07, 6.45) is 0.0603. The van der Waals surface area contributed by atoms with Crippen molar-refractivity contribution in [2.45, 2.75) is 26.8 Å². The summed E-state index contributed by atoms with van der Waals surface area (Å²) in [5, 5.41) is 12.3. The fourth-order valence-corrected chi connectivity index (χ4v) is 2.11. The first-order valence-electron chi connectivity index (χ1n) is 6.66. The Morgan fingerprint density at radius 3 is 2.40 bits per heavy atom. The van der Waals surface area contributed by atoms with E-state index < -0.39 is 5.97 Å². The van der Waals surface area contributed by atoms with Gasteiger partial charge in [-0.1, -0.05) is 30.3 Å². The molecule has 3 nitrogen and oxygen atoms in total. The number of carboxylic acid groups (broad SMARTS) is 1. The van der Waals surface area contributed by atoms with Crippen LogP contribution in [-0.4, -0.2) is 11.1 Å². The van der Waals surface area contributed by atoms with E-state index in [1.165, 1.54) is 11.1 Å². The molecule has 0 aliphatic heterocycles. The molecule has 0 unspecified atom stereocenters. The fourth-order valence-electron chi connectivity index (χ4n) is 2.11. The highest BCUT2D eigenvalue weighted by molar-refractivity contribution is 5.70. The lowest BCUT2D eigenvalue weighted by atomic mass is 10.0. The molecule has 0 atom stereocenters. The lowest BCUT2D eigenvalue weighted by molar-refractivity contribution is -0.136. The number of aliphatic carboxylic acids is 1. The van der Waals surface area contributed by atoms with Crippen molar-refractivity contribution in [1.82, 2.24) is 0 Å². The maximum absolute atomic E-state index is 10.9. The van der Waals surface area contributed by atoms with Gasteiger partial charge in [0, 0.05) is 12.2 Å². The van der Waals surface area contributed by atoms with Gasteiger partial charge in [-0.25, -0.2) is 0 Å². The van der Waals surface area contributed by atoms with Gasteiger partial charge >= 0.3 is 5.97 Å². The van der Waals surface area contributed by atoms with Crippen LogP contribution in [0.25, 0.3) is 0 Å². The second kappa shape index (κ2) is 6.24. The number of hydrogen-bond acceptors (Lipinski definition) is 2. The second-order valence-electron chi connectivity index (χ2n) is 4.99. The minimum Gasteiger partial charge on any atom is -0.481 e. The van der Waals surface area contributed by atoms with E-state index in [4.69, 9.17) is 5.11 Å². The number of rotatable bonds is 5. The van der Waals surface area contributed by atoms with Crippen molar-refractivity contribution >= 4 is 11.7 Å². The van der Waals surface area contributed by atoms with Crippen LogP contribution in [0.5, 0.6) is 0 Å². The van der Waals surface area contributed by atoms with Gasteiger partial charge in [-0.2, -0.15) is 0 Å². The van der Waals surface area contributed by atoms with E-state index in [9.17, 15) is 4.79 Å². The van der Waals surface area contributed by atoms with E-state index in [-0.39, 0.29) is 6.42 Å². The Hall–Kier alpha value is -2.29. The highest BCUT2D eigenvalue weighted by atomic mass is 16.4. The molecule has 20 heavy (non-hydrogen) atoms. The zero-order valence-corrected chi connectivity index (χ0v) is 11.8. The smallest absolute Gasteiger partial charge is 0.307 e. The molecule has 0 saturated carbocycles. The first-order valence-corrected chi connectivity index (χ1v) is 6.66. The first-order chi connectivity index (χ1) is 9.56. The monoisotopic (exact) mass is 269 g/mol. The maximum atomic E-state index is 10.9. The second-order valence-corrected chi connectivity index (χ2v) is 4.99. The summed E-state index contributed by atoms with van der Waals surface area (Å²) in [6.45, 7) is 4.80. The van der Waals surface area contributed by atoms with E-state index in [1.54, 1.807) is 0 Å². The van der Waals surface area contributed by atoms with Crippen molar-refractivity contribution in [3.8, 4) is 0 Å². The number of benzene rings is 2. The number of hydrogen-bond donors (Lipinski definition) is 2. The van der Waals surface area contributed by atoms with Crippen LogP contribution in [0.4, 0.5) is 5.69 Å². The van der Waals surface area contributed by atoms with Crippen molar-refractivity contribution in [3.63, 3.8) is 0 Å². The van der Waals surface area contributed by atoms with Crippen LogP contribution in [0.1, 0.15) is 22.3 Å². The van der Waals surface area contributed by atoms with Gasteiger partial charge in [-0.3, -0.25) is 4.79 Å². The molecule has 0 fully saturated rings. The van der Waals surface area contributed by atoms with Crippen molar-refractivity contribution in [2.75, 3.05) is 5.32 Å². The molecule has 0 bridgehead atoms. The molecular weight excluding hydrogens is 250 g/mol. The molecule has 3 heteroatoms. The van der Waals surface area contributed by atoms with Crippen LogP contribution in [-0.2, 0) is 17.8 Å². The summed E-state index contributed by atoms with van der Waals surface area (Å²) in [7, 11) is 0. The third-order valence-corrected chi connectivity index (χ3v) is 3.45. The molecule has 0 aliphatic rings. The van der Waals surface area contributed by atoms with Crippen LogP contribution in [0.3, 0.4) is 0 Å². The zero-order chi connectivity index (χ0) is 14.5. The number of carbonyl (C=O) groups is 1. The highest BCUT2D eigenvalue weighted by Crippen LogP contribution is 2.16. The highest BCUT2D eigenvalue weighted by Gasteiger charge is 2.06. The van der Waals surface area contributed by atoms with Crippen LogP contribution in [0.15, 0.2) is 42.5 Å². The Bertz CT molecular complexity index is 620. The van der Waals surface area contributed by atoms with E-state index in [2.05, 4.69) is 31.3 Å². The van der Waals surface area contributed by atoms with Gasteiger partial charge in [-0.05, 0) is 48.2 Å². The largest absolute Gasteiger partial charge is 0.481 e. The zero-order valence-electron chi connectivity index (χ0n) is 11.8. The minimum atomic E-state index is -0.802. The van der Waals surface area contributed by atoms with Crippen LogP contribution < -0.4 is 5.32 Å². The molecule has 0 spiro atoms. The number of anilines is 1. The first kappa shape index (κ1) is 14.1. The third-order valence-electron chi connectivity index (χ3n) is 3.45. The summed E-state index contributed by atoms with van der Waals surface area (Å²) >= 11 is 0. The maximum Gasteiger partial charge on any atom is 0.307 e. The van der Waals surface area contributed by atoms with Crippen molar-refractivity contribution < 1.29 is 9.90 Å². The van der Waals surface area contributed by atoms with Gasteiger partial charge in [0.05, 0.1) is 6.42 Å².